The van der Waals surface area contributed by atoms with Crippen LogP contribution in [0, 0.1) is 5.92 Å². The second-order valence-electron chi connectivity index (χ2n) is 7.55. The number of aliphatic hydroxyl groups is 1. The first-order chi connectivity index (χ1) is 15.0. The van der Waals surface area contributed by atoms with Crippen LogP contribution in [-0.4, -0.2) is 83.3 Å². The van der Waals surface area contributed by atoms with Gasteiger partial charge in [-0.3, -0.25) is 14.4 Å². The quantitative estimate of drug-likeness (QED) is 0.425. The largest absolute Gasteiger partial charge is 0.483 e. The molecule has 1 aromatic rings. The Labute approximate surface area is 182 Å². The summed E-state index contributed by atoms with van der Waals surface area (Å²) in [5.74, 6) is -0.424. The molecule has 3 atom stereocenters. The van der Waals surface area contributed by atoms with Crippen LogP contribution in [0.1, 0.15) is 43.0 Å². The monoisotopic (exact) mass is 436 g/mol. The van der Waals surface area contributed by atoms with Crippen molar-refractivity contribution in [2.75, 3.05) is 32.8 Å². The summed E-state index contributed by atoms with van der Waals surface area (Å²) in [5, 5.41) is 23.0. The van der Waals surface area contributed by atoms with Crippen LogP contribution >= 0.6 is 0 Å². The summed E-state index contributed by atoms with van der Waals surface area (Å²) in [6, 6.07) is 2.84. The highest BCUT2D eigenvalue weighted by Gasteiger charge is 2.38. The third kappa shape index (κ3) is 7.48. The van der Waals surface area contributed by atoms with E-state index in [-0.39, 0.29) is 30.1 Å². The molecule has 1 aliphatic heterocycles. The second-order valence-corrected chi connectivity index (χ2v) is 7.55. The molecule has 0 radical (unpaired) electrons. The summed E-state index contributed by atoms with van der Waals surface area (Å²) in [7, 11) is 0. The molecule has 3 rings (SSSR count). The first kappa shape index (κ1) is 24.5. The number of carboxylic acid groups (broad SMARTS) is 1. The molecule has 2 heterocycles. The first-order valence-corrected chi connectivity index (χ1v) is 10.6. The van der Waals surface area contributed by atoms with Crippen molar-refractivity contribution < 1.29 is 29.3 Å². The number of carbonyl (C=O) groups is 3. The SMILES string of the molecule is CCOc1ncccc1C(=O)N[C@H]1C[C@H](C(=O)NCCN2CCCC2)C[C@@H]1O.O=CO. The average Bonchev–Trinajstić information content (AvgIpc) is 3.39. The summed E-state index contributed by atoms with van der Waals surface area (Å²) < 4.78 is 5.39. The number of carbonyl (C=O) groups excluding carboxylic acids is 2. The normalized spacial score (nSPS) is 22.8. The maximum absolute atomic E-state index is 12.6. The minimum absolute atomic E-state index is 0.0496. The van der Waals surface area contributed by atoms with Crippen LogP contribution in [0.4, 0.5) is 0 Å². The number of rotatable bonds is 8. The number of amides is 2. The lowest BCUT2D eigenvalue weighted by atomic mass is 10.1. The van der Waals surface area contributed by atoms with Gasteiger partial charge in [0.05, 0.1) is 18.8 Å². The van der Waals surface area contributed by atoms with Gasteiger partial charge in [-0.25, -0.2) is 4.98 Å². The maximum atomic E-state index is 12.6. The fourth-order valence-corrected chi connectivity index (χ4v) is 3.93. The van der Waals surface area contributed by atoms with Gasteiger partial charge < -0.3 is 30.5 Å². The summed E-state index contributed by atoms with van der Waals surface area (Å²) in [6.07, 6.45) is 4.05. The van der Waals surface area contributed by atoms with E-state index in [0.717, 1.165) is 19.6 Å². The molecule has 172 valence electrons. The van der Waals surface area contributed by atoms with Crippen LogP contribution < -0.4 is 15.4 Å². The smallest absolute Gasteiger partial charge is 0.290 e. The highest BCUT2D eigenvalue weighted by atomic mass is 16.5. The summed E-state index contributed by atoms with van der Waals surface area (Å²) in [5.41, 5.74) is 0.329. The van der Waals surface area contributed by atoms with E-state index < -0.39 is 12.1 Å². The first-order valence-electron chi connectivity index (χ1n) is 10.6. The van der Waals surface area contributed by atoms with E-state index in [9.17, 15) is 14.7 Å². The molecule has 1 aliphatic carbocycles. The zero-order chi connectivity index (χ0) is 22.6. The highest BCUT2D eigenvalue weighted by molar-refractivity contribution is 5.96. The number of aromatic nitrogens is 1. The Morgan fingerprint density at radius 2 is 2.03 bits per heavy atom. The number of nitrogens with zero attached hydrogens (tertiary/aromatic N) is 2. The second kappa shape index (κ2) is 12.9. The van der Waals surface area contributed by atoms with Crippen LogP contribution in [0.2, 0.25) is 0 Å². The van der Waals surface area contributed by atoms with Gasteiger partial charge in [0.1, 0.15) is 5.56 Å². The third-order valence-corrected chi connectivity index (χ3v) is 5.44. The molecule has 4 N–H and O–H groups in total. The molecule has 0 spiro atoms. The molecule has 10 heteroatoms. The molecule has 1 aromatic heterocycles. The minimum atomic E-state index is -0.745. The Hall–Kier alpha value is -2.72. The van der Waals surface area contributed by atoms with Crippen molar-refractivity contribution in [3.63, 3.8) is 0 Å². The number of ether oxygens (including phenoxy) is 1. The van der Waals surface area contributed by atoms with E-state index in [1.165, 1.54) is 12.8 Å². The molecule has 10 nitrogen and oxygen atoms in total. The van der Waals surface area contributed by atoms with Crippen molar-refractivity contribution in [2.45, 2.75) is 44.8 Å². The van der Waals surface area contributed by atoms with Gasteiger partial charge in [-0.15, -0.1) is 0 Å². The standard InChI is InChI=1S/C20H30N4O4.CH2O2/c1-2-28-20-15(6-5-7-22-20)19(27)23-16-12-14(13-17(16)25)18(26)21-8-11-24-9-3-4-10-24;2-1-3/h5-7,14,16-17,25H,2-4,8-13H2,1H3,(H,21,26)(H,23,27);1H,(H,2,3)/t14-,16-,17-;/m0./s1. The number of hydrogen-bond acceptors (Lipinski definition) is 7. The van der Waals surface area contributed by atoms with Crippen molar-refractivity contribution in [3.05, 3.63) is 23.9 Å². The van der Waals surface area contributed by atoms with E-state index >= 15 is 0 Å². The van der Waals surface area contributed by atoms with Gasteiger partial charge in [0.15, 0.2) is 0 Å². The van der Waals surface area contributed by atoms with Crippen molar-refractivity contribution >= 4 is 18.3 Å². The number of hydrogen-bond donors (Lipinski definition) is 4. The van der Waals surface area contributed by atoms with Gasteiger partial charge in [-0.1, -0.05) is 0 Å². The summed E-state index contributed by atoms with van der Waals surface area (Å²) in [4.78, 5) is 39.8. The van der Waals surface area contributed by atoms with Crippen LogP contribution in [-0.2, 0) is 9.59 Å². The molecule has 2 fully saturated rings. The van der Waals surface area contributed by atoms with Gasteiger partial charge in [0.25, 0.3) is 12.4 Å². The lowest BCUT2D eigenvalue weighted by Crippen LogP contribution is -2.40. The Morgan fingerprint density at radius 1 is 1.32 bits per heavy atom. The molecule has 1 saturated heterocycles. The number of aliphatic hydroxyl groups excluding tert-OH is 1. The molecule has 0 bridgehead atoms. The highest BCUT2D eigenvalue weighted by Crippen LogP contribution is 2.27. The predicted octanol–water partition coefficient (Wildman–Crippen LogP) is 0.262. The van der Waals surface area contributed by atoms with Gasteiger partial charge in [0, 0.05) is 25.2 Å². The summed E-state index contributed by atoms with van der Waals surface area (Å²) in [6.45, 7) is 5.67. The van der Waals surface area contributed by atoms with E-state index in [2.05, 4.69) is 20.5 Å². The molecule has 2 amide bonds. The number of likely N-dealkylation sites (tertiary alicyclic amines) is 1. The zero-order valence-corrected chi connectivity index (χ0v) is 17.8. The third-order valence-electron chi connectivity index (χ3n) is 5.44. The Kier molecular flexibility index (Phi) is 10.2. The fourth-order valence-electron chi connectivity index (χ4n) is 3.93. The lowest BCUT2D eigenvalue weighted by Gasteiger charge is -2.17. The average molecular weight is 437 g/mol. The molecule has 31 heavy (non-hydrogen) atoms. The molecule has 2 aliphatic rings. The van der Waals surface area contributed by atoms with Gasteiger partial charge in [0.2, 0.25) is 11.8 Å². The summed E-state index contributed by atoms with van der Waals surface area (Å²) >= 11 is 0. The van der Waals surface area contributed by atoms with Crippen LogP contribution in [0.15, 0.2) is 18.3 Å². The fraction of sp³-hybridized carbons (Fsp3) is 0.619. The molecular weight excluding hydrogens is 404 g/mol. The Bertz CT molecular complexity index is 726. The molecule has 0 aromatic carbocycles. The van der Waals surface area contributed by atoms with Crippen LogP contribution in [0.5, 0.6) is 5.88 Å². The molecular formula is C21H32N4O6. The van der Waals surface area contributed by atoms with Crippen molar-refractivity contribution in [1.29, 1.82) is 0 Å². The Morgan fingerprint density at radius 3 is 2.71 bits per heavy atom. The van der Waals surface area contributed by atoms with Crippen molar-refractivity contribution in [3.8, 4) is 5.88 Å². The minimum Gasteiger partial charge on any atom is -0.483 e. The number of pyridine rings is 1. The topological polar surface area (TPSA) is 141 Å². The van der Waals surface area contributed by atoms with Crippen LogP contribution in [0.3, 0.4) is 0 Å². The number of nitrogens with one attached hydrogen (secondary N) is 2. The van der Waals surface area contributed by atoms with Gasteiger partial charge in [-0.2, -0.15) is 0 Å². The predicted molar refractivity (Wildman–Crippen MR) is 113 cm³/mol. The molecule has 0 unspecified atom stereocenters. The van der Waals surface area contributed by atoms with Gasteiger partial charge in [-0.05, 0) is 57.8 Å². The van der Waals surface area contributed by atoms with E-state index in [0.29, 0.717) is 31.6 Å². The Balaban J connectivity index is 0.00000107. The van der Waals surface area contributed by atoms with E-state index in [4.69, 9.17) is 14.6 Å². The van der Waals surface area contributed by atoms with E-state index in [1.54, 1.807) is 18.3 Å². The lowest BCUT2D eigenvalue weighted by molar-refractivity contribution is -0.125. The molecule has 1 saturated carbocycles. The van der Waals surface area contributed by atoms with Crippen molar-refractivity contribution in [2.24, 2.45) is 5.92 Å². The zero-order valence-electron chi connectivity index (χ0n) is 17.8. The van der Waals surface area contributed by atoms with Gasteiger partial charge >= 0.3 is 0 Å². The van der Waals surface area contributed by atoms with Crippen LogP contribution in [0.25, 0.3) is 0 Å². The maximum Gasteiger partial charge on any atom is 0.290 e. The van der Waals surface area contributed by atoms with Crippen molar-refractivity contribution in [1.82, 2.24) is 20.5 Å². The van der Waals surface area contributed by atoms with E-state index in [1.807, 2.05) is 6.92 Å².